The highest BCUT2D eigenvalue weighted by atomic mass is 35.5. The van der Waals surface area contributed by atoms with E-state index in [4.69, 9.17) is 16.3 Å². The van der Waals surface area contributed by atoms with Crippen molar-refractivity contribution in [2.24, 2.45) is 0 Å². The maximum absolute atomic E-state index is 6.36. The van der Waals surface area contributed by atoms with E-state index in [0.717, 1.165) is 54.7 Å². The molecule has 1 saturated heterocycles. The van der Waals surface area contributed by atoms with Crippen molar-refractivity contribution in [1.82, 2.24) is 9.88 Å². The minimum Gasteiger partial charge on any atom is -0.367 e. The molecule has 0 spiro atoms. The molecule has 150 valence electrons. The fourth-order valence-electron chi connectivity index (χ4n) is 3.69. The van der Waals surface area contributed by atoms with Crippen LogP contribution in [-0.4, -0.2) is 49.2 Å². The molecule has 2 aromatic carbocycles. The Morgan fingerprint density at radius 2 is 1.52 bits per heavy atom. The van der Waals surface area contributed by atoms with Gasteiger partial charge in [0.1, 0.15) is 11.9 Å². The fraction of sp³-hybridized carbons (Fsp3) is 0.292. The first-order chi connectivity index (χ1) is 14.3. The summed E-state index contributed by atoms with van der Waals surface area (Å²) >= 11 is 6.07. The zero-order valence-corrected chi connectivity index (χ0v) is 17.2. The van der Waals surface area contributed by atoms with E-state index >= 15 is 0 Å². The molecular formula is C24H26ClN3O. The molecule has 1 fully saturated rings. The molecule has 0 bridgehead atoms. The predicted octanol–water partition coefficient (Wildman–Crippen LogP) is 4.66. The second kappa shape index (κ2) is 9.88. The maximum atomic E-state index is 6.36. The van der Waals surface area contributed by atoms with Crippen LogP contribution in [0.1, 0.15) is 17.2 Å². The van der Waals surface area contributed by atoms with E-state index < -0.39 is 0 Å². The Balaban J connectivity index is 1.32. The van der Waals surface area contributed by atoms with Crippen LogP contribution in [0.15, 0.2) is 79.0 Å². The summed E-state index contributed by atoms with van der Waals surface area (Å²) in [4.78, 5) is 9.27. The second-order valence-corrected chi connectivity index (χ2v) is 7.67. The standard InChI is InChI=1S/C24H26ClN3O/c25-22-11-9-21(10-12-22)24(20-6-2-1-3-7-20)29-19-18-27-14-16-28(17-15-27)23-8-4-5-13-26-23/h1-13,24H,14-19H2. The van der Waals surface area contributed by atoms with Crippen molar-refractivity contribution in [3.8, 4) is 0 Å². The van der Waals surface area contributed by atoms with Crippen LogP contribution in [0.2, 0.25) is 5.02 Å². The summed E-state index contributed by atoms with van der Waals surface area (Å²) in [6, 6.07) is 24.4. The third-order valence-corrected chi connectivity index (χ3v) is 5.56. The van der Waals surface area contributed by atoms with Gasteiger partial charge in [-0.15, -0.1) is 0 Å². The summed E-state index contributed by atoms with van der Waals surface area (Å²) in [6.45, 7) is 5.65. The molecule has 29 heavy (non-hydrogen) atoms. The number of anilines is 1. The van der Waals surface area contributed by atoms with Crippen LogP contribution in [0.4, 0.5) is 5.82 Å². The first-order valence-electron chi connectivity index (χ1n) is 10.1. The zero-order valence-electron chi connectivity index (χ0n) is 16.5. The Labute approximate surface area is 177 Å². The first-order valence-corrected chi connectivity index (χ1v) is 10.5. The molecule has 5 heteroatoms. The lowest BCUT2D eigenvalue weighted by Crippen LogP contribution is -2.47. The van der Waals surface area contributed by atoms with Crippen LogP contribution < -0.4 is 4.90 Å². The van der Waals surface area contributed by atoms with Gasteiger partial charge in [-0.1, -0.05) is 60.1 Å². The molecule has 0 radical (unpaired) electrons. The normalized spacial score (nSPS) is 16.0. The van der Waals surface area contributed by atoms with Crippen LogP contribution in [0.25, 0.3) is 0 Å². The number of ether oxygens (including phenoxy) is 1. The number of piperazine rings is 1. The summed E-state index contributed by atoms with van der Waals surface area (Å²) in [5, 5.41) is 0.742. The molecule has 1 aromatic heterocycles. The topological polar surface area (TPSA) is 28.6 Å². The van der Waals surface area contributed by atoms with E-state index in [9.17, 15) is 0 Å². The lowest BCUT2D eigenvalue weighted by molar-refractivity contribution is 0.0586. The quantitative estimate of drug-likeness (QED) is 0.569. The van der Waals surface area contributed by atoms with Crippen LogP contribution in [0.5, 0.6) is 0 Å². The number of halogens is 1. The van der Waals surface area contributed by atoms with E-state index in [-0.39, 0.29) is 6.10 Å². The van der Waals surface area contributed by atoms with E-state index in [1.54, 1.807) is 0 Å². The molecule has 0 saturated carbocycles. The number of hydrogen-bond acceptors (Lipinski definition) is 4. The van der Waals surface area contributed by atoms with Crippen LogP contribution in [0, 0.1) is 0 Å². The highest BCUT2D eigenvalue weighted by Crippen LogP contribution is 2.27. The molecular weight excluding hydrogens is 382 g/mol. The molecule has 1 unspecified atom stereocenters. The van der Waals surface area contributed by atoms with Gasteiger partial charge in [0.25, 0.3) is 0 Å². The van der Waals surface area contributed by atoms with Crippen molar-refractivity contribution >= 4 is 17.4 Å². The van der Waals surface area contributed by atoms with E-state index in [1.807, 2.05) is 48.7 Å². The monoisotopic (exact) mass is 407 g/mol. The Kier molecular flexibility index (Phi) is 6.78. The molecule has 1 aliphatic rings. The Morgan fingerprint density at radius 3 is 2.21 bits per heavy atom. The molecule has 0 amide bonds. The van der Waals surface area contributed by atoms with E-state index in [1.165, 1.54) is 0 Å². The number of nitrogens with zero attached hydrogens (tertiary/aromatic N) is 3. The summed E-state index contributed by atoms with van der Waals surface area (Å²) in [7, 11) is 0. The van der Waals surface area contributed by atoms with Gasteiger partial charge in [-0.25, -0.2) is 4.98 Å². The third-order valence-electron chi connectivity index (χ3n) is 5.31. The fourth-order valence-corrected chi connectivity index (χ4v) is 3.82. The minimum absolute atomic E-state index is 0.0803. The summed E-state index contributed by atoms with van der Waals surface area (Å²) in [5.41, 5.74) is 2.29. The number of benzene rings is 2. The number of pyridine rings is 1. The van der Waals surface area contributed by atoms with Gasteiger partial charge in [0.05, 0.1) is 6.61 Å². The highest BCUT2D eigenvalue weighted by Gasteiger charge is 2.19. The predicted molar refractivity (Wildman–Crippen MR) is 119 cm³/mol. The zero-order chi connectivity index (χ0) is 19.9. The minimum atomic E-state index is -0.0803. The van der Waals surface area contributed by atoms with Gasteiger partial charge in [0.15, 0.2) is 0 Å². The molecule has 0 N–H and O–H groups in total. The van der Waals surface area contributed by atoms with Crippen molar-refractivity contribution in [2.45, 2.75) is 6.10 Å². The van der Waals surface area contributed by atoms with Crippen molar-refractivity contribution < 1.29 is 4.74 Å². The lowest BCUT2D eigenvalue weighted by atomic mass is 10.0. The molecule has 2 heterocycles. The number of aromatic nitrogens is 1. The van der Waals surface area contributed by atoms with Crippen molar-refractivity contribution in [3.63, 3.8) is 0 Å². The molecule has 4 rings (SSSR count). The van der Waals surface area contributed by atoms with Crippen LogP contribution >= 0.6 is 11.6 Å². The molecule has 4 nitrogen and oxygen atoms in total. The van der Waals surface area contributed by atoms with Gasteiger partial charge < -0.3 is 9.64 Å². The van der Waals surface area contributed by atoms with Gasteiger partial charge in [-0.3, -0.25) is 4.90 Å². The smallest absolute Gasteiger partial charge is 0.128 e. The Hall–Kier alpha value is -2.40. The molecule has 0 aliphatic carbocycles. The Morgan fingerprint density at radius 1 is 0.828 bits per heavy atom. The van der Waals surface area contributed by atoms with Crippen molar-refractivity contribution in [2.75, 3.05) is 44.2 Å². The first kappa shape index (κ1) is 19.9. The van der Waals surface area contributed by atoms with Crippen molar-refractivity contribution in [3.05, 3.63) is 95.1 Å². The van der Waals surface area contributed by atoms with Gasteiger partial charge >= 0.3 is 0 Å². The van der Waals surface area contributed by atoms with E-state index in [0.29, 0.717) is 6.61 Å². The largest absolute Gasteiger partial charge is 0.367 e. The van der Waals surface area contributed by atoms with E-state index in [2.05, 4.69) is 45.1 Å². The molecule has 1 aliphatic heterocycles. The van der Waals surface area contributed by atoms with Gasteiger partial charge in [-0.05, 0) is 35.4 Å². The van der Waals surface area contributed by atoms with Gasteiger partial charge in [-0.2, -0.15) is 0 Å². The van der Waals surface area contributed by atoms with Crippen LogP contribution in [-0.2, 0) is 4.74 Å². The number of rotatable bonds is 7. The third kappa shape index (κ3) is 5.36. The van der Waals surface area contributed by atoms with Gasteiger partial charge in [0.2, 0.25) is 0 Å². The Bertz CT molecular complexity index is 866. The SMILES string of the molecule is Clc1ccc(C(OCCN2CCN(c3ccccn3)CC2)c2ccccc2)cc1. The lowest BCUT2D eigenvalue weighted by Gasteiger charge is -2.35. The summed E-state index contributed by atoms with van der Waals surface area (Å²) in [6.07, 6.45) is 1.78. The average Bonchev–Trinajstić information content (AvgIpc) is 2.79. The highest BCUT2D eigenvalue weighted by molar-refractivity contribution is 6.30. The molecule has 1 atom stereocenters. The number of hydrogen-bond donors (Lipinski definition) is 0. The van der Waals surface area contributed by atoms with Crippen molar-refractivity contribution in [1.29, 1.82) is 0 Å². The summed E-state index contributed by atoms with van der Waals surface area (Å²) < 4.78 is 6.36. The van der Waals surface area contributed by atoms with Gasteiger partial charge in [0, 0.05) is 43.9 Å². The second-order valence-electron chi connectivity index (χ2n) is 7.23. The average molecular weight is 408 g/mol. The van der Waals surface area contributed by atoms with Crippen LogP contribution in [0.3, 0.4) is 0 Å². The molecule has 3 aromatic rings. The summed E-state index contributed by atoms with van der Waals surface area (Å²) in [5.74, 6) is 1.07. The maximum Gasteiger partial charge on any atom is 0.128 e.